The molecular weight excluding hydrogens is 192 g/mol. The van der Waals surface area contributed by atoms with Crippen molar-refractivity contribution in [3.05, 3.63) is 46.7 Å². The molecule has 2 rings (SSSR count). The molecule has 0 unspecified atom stereocenters. The first-order valence-electron chi connectivity index (χ1n) is 4.47. The molecule has 0 N–H and O–H groups in total. The molecule has 14 heavy (non-hydrogen) atoms. The number of rotatable bonds is 3. The van der Waals surface area contributed by atoms with Crippen LogP contribution in [0.15, 0.2) is 41.8 Å². The van der Waals surface area contributed by atoms with E-state index in [1.54, 1.807) is 11.3 Å². The van der Waals surface area contributed by atoms with E-state index in [0.29, 0.717) is 6.42 Å². The first-order chi connectivity index (χ1) is 6.92. The Hall–Kier alpha value is -1.41. The monoisotopic (exact) mass is 202 g/mol. The van der Waals surface area contributed by atoms with Crippen molar-refractivity contribution in [3.63, 3.8) is 0 Å². The minimum atomic E-state index is 0.516. The summed E-state index contributed by atoms with van der Waals surface area (Å²) in [7, 11) is 0. The van der Waals surface area contributed by atoms with Gasteiger partial charge in [0.2, 0.25) is 0 Å². The fourth-order valence-electron chi connectivity index (χ4n) is 1.45. The third-order valence-electron chi connectivity index (χ3n) is 2.10. The quantitative estimate of drug-likeness (QED) is 0.699. The van der Waals surface area contributed by atoms with Gasteiger partial charge in [-0.1, -0.05) is 30.3 Å². The summed E-state index contributed by atoms with van der Waals surface area (Å²) in [6, 6.07) is 12.2. The molecule has 0 bridgehead atoms. The highest BCUT2D eigenvalue weighted by Gasteiger charge is 2.04. The first-order valence-corrected chi connectivity index (χ1v) is 5.35. The van der Waals surface area contributed by atoms with Crippen LogP contribution in [0.25, 0.3) is 11.1 Å². The number of hydrogen-bond donors (Lipinski definition) is 0. The summed E-state index contributed by atoms with van der Waals surface area (Å²) in [5, 5.41) is 2.03. The van der Waals surface area contributed by atoms with E-state index in [4.69, 9.17) is 0 Å². The maximum absolute atomic E-state index is 10.5. The van der Waals surface area contributed by atoms with E-state index in [0.717, 1.165) is 11.2 Å². The van der Waals surface area contributed by atoms with Crippen molar-refractivity contribution in [1.29, 1.82) is 0 Å². The van der Waals surface area contributed by atoms with Gasteiger partial charge in [-0.05, 0) is 22.6 Å². The van der Waals surface area contributed by atoms with E-state index in [1.807, 2.05) is 23.6 Å². The lowest BCUT2D eigenvalue weighted by Crippen LogP contribution is -1.84. The normalized spacial score (nSPS) is 10.0. The van der Waals surface area contributed by atoms with Gasteiger partial charge in [-0.25, -0.2) is 0 Å². The van der Waals surface area contributed by atoms with Gasteiger partial charge in [0.05, 0.1) is 0 Å². The molecule has 0 atom stereocenters. The summed E-state index contributed by atoms with van der Waals surface area (Å²) in [6.45, 7) is 0. The Balaban J connectivity index is 2.41. The summed E-state index contributed by atoms with van der Waals surface area (Å²) in [6.07, 6.45) is 1.47. The maximum atomic E-state index is 10.5. The largest absolute Gasteiger partial charge is 0.303 e. The molecule has 2 heteroatoms. The minimum absolute atomic E-state index is 0.516. The van der Waals surface area contributed by atoms with Gasteiger partial charge in [-0.15, -0.1) is 11.3 Å². The SMILES string of the molecule is O=CCc1sccc1-c1ccccc1. The van der Waals surface area contributed by atoms with Gasteiger partial charge < -0.3 is 4.79 Å². The molecular formula is C12H10OS. The molecule has 70 valence electrons. The predicted molar refractivity (Wildman–Crippen MR) is 59.5 cm³/mol. The lowest BCUT2D eigenvalue weighted by Gasteiger charge is -1.99. The lowest BCUT2D eigenvalue weighted by molar-refractivity contribution is -0.107. The van der Waals surface area contributed by atoms with Crippen LogP contribution in [0.1, 0.15) is 4.88 Å². The summed E-state index contributed by atoms with van der Waals surface area (Å²) < 4.78 is 0. The van der Waals surface area contributed by atoms with Gasteiger partial charge in [0.25, 0.3) is 0 Å². The number of aldehydes is 1. The van der Waals surface area contributed by atoms with Gasteiger partial charge in [-0.3, -0.25) is 0 Å². The summed E-state index contributed by atoms with van der Waals surface area (Å²) >= 11 is 1.64. The lowest BCUT2D eigenvalue weighted by atomic mass is 10.1. The zero-order chi connectivity index (χ0) is 9.80. The average molecular weight is 202 g/mol. The molecule has 0 aliphatic carbocycles. The highest BCUT2D eigenvalue weighted by Crippen LogP contribution is 2.27. The van der Waals surface area contributed by atoms with Crippen molar-refractivity contribution in [2.24, 2.45) is 0 Å². The third kappa shape index (κ3) is 1.75. The van der Waals surface area contributed by atoms with Crippen LogP contribution in [0.4, 0.5) is 0 Å². The zero-order valence-corrected chi connectivity index (χ0v) is 8.46. The minimum Gasteiger partial charge on any atom is -0.303 e. The highest BCUT2D eigenvalue weighted by molar-refractivity contribution is 7.10. The second-order valence-electron chi connectivity index (χ2n) is 2.99. The van der Waals surface area contributed by atoms with Crippen molar-refractivity contribution < 1.29 is 4.79 Å². The Morgan fingerprint density at radius 2 is 1.93 bits per heavy atom. The van der Waals surface area contributed by atoms with E-state index in [-0.39, 0.29) is 0 Å². The van der Waals surface area contributed by atoms with Gasteiger partial charge in [0, 0.05) is 11.3 Å². The fraction of sp³-hybridized carbons (Fsp3) is 0.0833. The van der Waals surface area contributed by atoms with E-state index in [1.165, 1.54) is 11.1 Å². The molecule has 0 aliphatic rings. The summed E-state index contributed by atoms with van der Waals surface area (Å²) in [5.41, 5.74) is 2.37. The van der Waals surface area contributed by atoms with Crippen LogP contribution in [-0.2, 0) is 11.2 Å². The van der Waals surface area contributed by atoms with Crippen LogP contribution in [0.5, 0.6) is 0 Å². The van der Waals surface area contributed by atoms with E-state index >= 15 is 0 Å². The van der Waals surface area contributed by atoms with Crippen molar-refractivity contribution in [2.75, 3.05) is 0 Å². The Morgan fingerprint density at radius 1 is 1.14 bits per heavy atom. The molecule has 1 aromatic heterocycles. The van der Waals surface area contributed by atoms with Gasteiger partial charge >= 0.3 is 0 Å². The predicted octanol–water partition coefficient (Wildman–Crippen LogP) is 3.16. The molecule has 1 aromatic carbocycles. The molecule has 0 saturated carbocycles. The number of carbonyl (C=O) groups excluding carboxylic acids is 1. The first kappa shape index (κ1) is 9.16. The van der Waals surface area contributed by atoms with Crippen LogP contribution < -0.4 is 0 Å². The topological polar surface area (TPSA) is 17.1 Å². The molecule has 2 aromatic rings. The molecule has 0 radical (unpaired) electrons. The van der Waals surface area contributed by atoms with E-state index in [2.05, 4.69) is 18.2 Å². The molecule has 1 heterocycles. The number of benzene rings is 1. The van der Waals surface area contributed by atoms with Crippen molar-refractivity contribution in [1.82, 2.24) is 0 Å². The van der Waals surface area contributed by atoms with Crippen LogP contribution in [0, 0.1) is 0 Å². The van der Waals surface area contributed by atoms with Crippen molar-refractivity contribution in [2.45, 2.75) is 6.42 Å². The molecule has 0 spiro atoms. The maximum Gasteiger partial charge on any atom is 0.125 e. The summed E-state index contributed by atoms with van der Waals surface area (Å²) in [5.74, 6) is 0. The Labute approximate surface area is 87.0 Å². The number of carbonyl (C=O) groups is 1. The highest BCUT2D eigenvalue weighted by atomic mass is 32.1. The standard InChI is InChI=1S/C12H10OS/c13-8-6-12-11(7-9-14-12)10-4-2-1-3-5-10/h1-5,7-9H,6H2. The van der Waals surface area contributed by atoms with Gasteiger partial charge in [0.1, 0.15) is 6.29 Å². The van der Waals surface area contributed by atoms with Crippen LogP contribution in [0.3, 0.4) is 0 Å². The van der Waals surface area contributed by atoms with Crippen molar-refractivity contribution in [3.8, 4) is 11.1 Å². The van der Waals surface area contributed by atoms with Gasteiger partial charge in [-0.2, -0.15) is 0 Å². The Morgan fingerprint density at radius 3 is 2.64 bits per heavy atom. The second-order valence-corrected chi connectivity index (χ2v) is 3.99. The fourth-order valence-corrected chi connectivity index (χ4v) is 2.29. The molecule has 1 nitrogen and oxygen atoms in total. The van der Waals surface area contributed by atoms with Crippen LogP contribution in [-0.4, -0.2) is 6.29 Å². The second kappa shape index (κ2) is 4.20. The van der Waals surface area contributed by atoms with E-state index in [9.17, 15) is 4.79 Å². The number of hydrogen-bond acceptors (Lipinski definition) is 2. The van der Waals surface area contributed by atoms with Crippen LogP contribution >= 0.6 is 11.3 Å². The zero-order valence-electron chi connectivity index (χ0n) is 7.64. The summed E-state index contributed by atoms with van der Waals surface area (Å²) in [4.78, 5) is 11.6. The van der Waals surface area contributed by atoms with Crippen molar-refractivity contribution >= 4 is 17.6 Å². The molecule has 0 saturated heterocycles. The van der Waals surface area contributed by atoms with E-state index < -0.39 is 0 Å². The smallest absolute Gasteiger partial charge is 0.125 e. The third-order valence-corrected chi connectivity index (χ3v) is 3.04. The van der Waals surface area contributed by atoms with Gasteiger partial charge in [0.15, 0.2) is 0 Å². The molecule has 0 aliphatic heterocycles. The Kier molecular flexibility index (Phi) is 2.75. The average Bonchev–Trinajstić information content (AvgIpc) is 2.68. The number of thiophene rings is 1. The molecule has 0 fully saturated rings. The molecule has 0 amide bonds. The Bertz CT molecular complexity index is 417. The van der Waals surface area contributed by atoms with Crippen LogP contribution in [0.2, 0.25) is 0 Å².